The molecule has 0 radical (unpaired) electrons. The fraction of sp³-hybridized carbons (Fsp3) is 0.407. The fourth-order valence-corrected chi connectivity index (χ4v) is 4.50. The first-order chi connectivity index (χ1) is 15.6. The summed E-state index contributed by atoms with van der Waals surface area (Å²) in [6, 6.07) is 18.5. The van der Waals surface area contributed by atoms with Crippen LogP contribution in [0.1, 0.15) is 53.2 Å². The minimum absolute atomic E-state index is 0.0673. The molecule has 1 aliphatic heterocycles. The van der Waals surface area contributed by atoms with E-state index in [1.807, 2.05) is 49.3 Å². The Balaban J connectivity index is 1.48. The highest BCUT2D eigenvalue weighted by atomic mass is 16.5. The number of amides is 1. The van der Waals surface area contributed by atoms with E-state index in [9.17, 15) is 4.79 Å². The van der Waals surface area contributed by atoms with Gasteiger partial charge in [-0.2, -0.15) is 0 Å². The Morgan fingerprint density at radius 1 is 1.06 bits per heavy atom. The third-order valence-corrected chi connectivity index (χ3v) is 6.52. The average molecular weight is 430 g/mol. The molecule has 2 heterocycles. The topological polar surface area (TPSA) is 45.7 Å². The van der Waals surface area contributed by atoms with Gasteiger partial charge in [-0.3, -0.25) is 9.78 Å². The van der Waals surface area contributed by atoms with E-state index >= 15 is 0 Å². The third-order valence-electron chi connectivity index (χ3n) is 6.52. The summed E-state index contributed by atoms with van der Waals surface area (Å²) in [4.78, 5) is 22.9. The lowest BCUT2D eigenvalue weighted by atomic mass is 10.0. The van der Waals surface area contributed by atoms with Gasteiger partial charge in [0, 0.05) is 56.5 Å². The lowest BCUT2D eigenvalue weighted by Crippen LogP contribution is -2.37. The van der Waals surface area contributed by atoms with E-state index in [1.165, 1.54) is 0 Å². The van der Waals surface area contributed by atoms with E-state index in [0.29, 0.717) is 19.0 Å². The van der Waals surface area contributed by atoms with Gasteiger partial charge in [-0.15, -0.1) is 0 Å². The quantitative estimate of drug-likeness (QED) is 0.530. The fourth-order valence-electron chi connectivity index (χ4n) is 4.50. The van der Waals surface area contributed by atoms with Crippen molar-refractivity contribution in [2.75, 3.05) is 32.1 Å². The van der Waals surface area contributed by atoms with Crippen LogP contribution in [0.5, 0.6) is 0 Å². The van der Waals surface area contributed by atoms with Crippen LogP contribution in [-0.2, 0) is 11.3 Å². The summed E-state index contributed by atoms with van der Waals surface area (Å²) in [7, 11) is 4.07. The van der Waals surface area contributed by atoms with Crippen molar-refractivity contribution in [3.05, 3.63) is 71.4 Å². The summed E-state index contributed by atoms with van der Waals surface area (Å²) in [6.45, 7) is 1.97. The van der Waals surface area contributed by atoms with E-state index in [1.54, 1.807) is 0 Å². The second kappa shape index (κ2) is 8.91. The van der Waals surface area contributed by atoms with Crippen molar-refractivity contribution in [2.24, 2.45) is 0 Å². The molecule has 32 heavy (non-hydrogen) atoms. The van der Waals surface area contributed by atoms with E-state index in [4.69, 9.17) is 9.72 Å². The Morgan fingerprint density at radius 2 is 1.84 bits per heavy atom. The molecule has 1 atom stereocenters. The molecule has 0 N–H and O–H groups in total. The van der Waals surface area contributed by atoms with Gasteiger partial charge in [0.1, 0.15) is 0 Å². The van der Waals surface area contributed by atoms with E-state index in [-0.39, 0.29) is 12.0 Å². The zero-order valence-electron chi connectivity index (χ0n) is 19.0. The van der Waals surface area contributed by atoms with Crippen molar-refractivity contribution < 1.29 is 9.53 Å². The smallest absolute Gasteiger partial charge is 0.254 e. The number of hydrogen-bond donors (Lipinski definition) is 0. The maximum atomic E-state index is 14.0. The Kier molecular flexibility index (Phi) is 5.83. The predicted molar refractivity (Wildman–Crippen MR) is 128 cm³/mol. The van der Waals surface area contributed by atoms with Gasteiger partial charge in [0.2, 0.25) is 0 Å². The summed E-state index contributed by atoms with van der Waals surface area (Å²) in [6.07, 6.45) is 4.51. The molecule has 1 amide bonds. The van der Waals surface area contributed by atoms with Crippen LogP contribution in [0.15, 0.2) is 54.6 Å². The standard InChI is InChI=1S/C27H31N3O2/c1-29(2)21-13-9-19(10-14-21)17-30(18-22-6-5-15-32-22)27(31)24-16-26(20-11-12-20)28-25-8-4-3-7-23(24)25/h3-4,7-10,13-14,16,20,22H,5-6,11-12,15,17-18H2,1-2H3. The lowest BCUT2D eigenvalue weighted by molar-refractivity contribution is 0.0508. The van der Waals surface area contributed by atoms with Crippen LogP contribution in [-0.4, -0.2) is 49.1 Å². The Morgan fingerprint density at radius 3 is 2.53 bits per heavy atom. The molecular weight excluding hydrogens is 398 g/mol. The highest BCUT2D eigenvalue weighted by Gasteiger charge is 2.29. The van der Waals surface area contributed by atoms with Gasteiger partial charge in [-0.1, -0.05) is 30.3 Å². The normalized spacial score (nSPS) is 18.1. The number of pyridine rings is 1. The van der Waals surface area contributed by atoms with Crippen molar-refractivity contribution in [1.29, 1.82) is 0 Å². The minimum atomic E-state index is 0.0673. The molecule has 1 unspecified atom stereocenters. The molecule has 2 aliphatic rings. The zero-order chi connectivity index (χ0) is 22.1. The molecule has 3 aromatic rings. The largest absolute Gasteiger partial charge is 0.378 e. The van der Waals surface area contributed by atoms with Gasteiger partial charge >= 0.3 is 0 Å². The number of para-hydroxylation sites is 1. The monoisotopic (exact) mass is 429 g/mol. The molecule has 2 aromatic carbocycles. The van der Waals surface area contributed by atoms with Crippen LogP contribution >= 0.6 is 0 Å². The van der Waals surface area contributed by atoms with Crippen molar-refractivity contribution in [3.8, 4) is 0 Å². The van der Waals surface area contributed by atoms with Gasteiger partial charge in [0.15, 0.2) is 0 Å². The number of fused-ring (bicyclic) bond motifs is 1. The van der Waals surface area contributed by atoms with Crippen molar-refractivity contribution in [1.82, 2.24) is 9.88 Å². The van der Waals surface area contributed by atoms with Crippen molar-refractivity contribution in [3.63, 3.8) is 0 Å². The van der Waals surface area contributed by atoms with E-state index in [0.717, 1.165) is 65.7 Å². The molecule has 1 aliphatic carbocycles. The lowest BCUT2D eigenvalue weighted by Gasteiger charge is -2.27. The summed E-state index contributed by atoms with van der Waals surface area (Å²) in [5.41, 5.74) is 5.01. The van der Waals surface area contributed by atoms with Crippen molar-refractivity contribution >= 4 is 22.5 Å². The number of ether oxygens (including phenoxy) is 1. The number of anilines is 1. The second-order valence-corrected chi connectivity index (χ2v) is 9.27. The number of aromatic nitrogens is 1. The van der Waals surface area contributed by atoms with Gasteiger partial charge < -0.3 is 14.5 Å². The molecule has 2 fully saturated rings. The predicted octanol–water partition coefficient (Wildman–Crippen LogP) is 5.00. The third kappa shape index (κ3) is 4.49. The first kappa shape index (κ1) is 21.0. The Bertz CT molecular complexity index is 1100. The summed E-state index contributed by atoms with van der Waals surface area (Å²) < 4.78 is 5.90. The summed E-state index contributed by atoms with van der Waals surface area (Å²) in [5.74, 6) is 0.564. The number of nitrogens with zero attached hydrogens (tertiary/aromatic N) is 3. The van der Waals surface area contributed by atoms with Crippen LogP contribution in [0.3, 0.4) is 0 Å². The van der Waals surface area contributed by atoms with Crippen LogP contribution in [0.25, 0.3) is 10.9 Å². The maximum absolute atomic E-state index is 14.0. The van der Waals surface area contributed by atoms with Gasteiger partial charge in [-0.05, 0) is 55.5 Å². The first-order valence-electron chi connectivity index (χ1n) is 11.7. The maximum Gasteiger partial charge on any atom is 0.254 e. The average Bonchev–Trinajstić information content (AvgIpc) is 3.54. The number of benzene rings is 2. The number of carbonyl (C=O) groups excluding carboxylic acids is 1. The van der Waals surface area contributed by atoms with Crippen LogP contribution < -0.4 is 4.90 Å². The van der Waals surface area contributed by atoms with Gasteiger partial charge in [0.05, 0.1) is 17.2 Å². The molecule has 0 bridgehead atoms. The van der Waals surface area contributed by atoms with Crippen molar-refractivity contribution in [2.45, 2.75) is 44.2 Å². The number of carbonyl (C=O) groups is 1. The molecule has 5 rings (SSSR count). The van der Waals surface area contributed by atoms with Gasteiger partial charge in [0.25, 0.3) is 5.91 Å². The summed E-state index contributed by atoms with van der Waals surface area (Å²) >= 11 is 0. The molecule has 0 spiro atoms. The number of rotatable bonds is 7. The molecule has 166 valence electrons. The Hall–Kier alpha value is -2.92. The molecule has 1 aromatic heterocycles. The molecule has 1 saturated carbocycles. The Labute approximate surface area is 190 Å². The molecular formula is C27H31N3O2. The first-order valence-corrected chi connectivity index (χ1v) is 11.7. The summed E-state index contributed by atoms with van der Waals surface area (Å²) in [5, 5.41) is 0.933. The van der Waals surface area contributed by atoms with Gasteiger partial charge in [-0.25, -0.2) is 0 Å². The number of hydrogen-bond acceptors (Lipinski definition) is 4. The SMILES string of the molecule is CN(C)c1ccc(CN(CC2CCCO2)C(=O)c2cc(C3CC3)nc3ccccc23)cc1. The second-order valence-electron chi connectivity index (χ2n) is 9.27. The van der Waals surface area contributed by atoms with E-state index in [2.05, 4.69) is 29.2 Å². The van der Waals surface area contributed by atoms with E-state index < -0.39 is 0 Å². The highest BCUT2D eigenvalue weighted by molar-refractivity contribution is 6.06. The van der Waals surface area contributed by atoms with Crippen LogP contribution in [0, 0.1) is 0 Å². The van der Waals surface area contributed by atoms with Crippen LogP contribution in [0.2, 0.25) is 0 Å². The zero-order valence-corrected chi connectivity index (χ0v) is 19.0. The molecule has 5 nitrogen and oxygen atoms in total. The molecule has 5 heteroatoms. The highest BCUT2D eigenvalue weighted by Crippen LogP contribution is 2.40. The minimum Gasteiger partial charge on any atom is -0.378 e. The molecule has 1 saturated heterocycles. The van der Waals surface area contributed by atoms with Crippen LogP contribution in [0.4, 0.5) is 5.69 Å².